The number of rotatable bonds is 3. The zero-order valence-electron chi connectivity index (χ0n) is 9.90. The molecule has 2 rings (SSSR count). The molecule has 0 aliphatic rings. The standard InChI is InChI=1S/C15H17Si/c1-4-15(16(2)3)14-11-7-9-12-8-5-6-10-13(12)14/h4-11,15H,1H2,2-3H3. The lowest BCUT2D eigenvalue weighted by Gasteiger charge is -2.18. The van der Waals surface area contributed by atoms with Crippen LogP contribution < -0.4 is 0 Å². The minimum atomic E-state index is -0.385. The molecule has 2 aromatic rings. The van der Waals surface area contributed by atoms with Crippen LogP contribution in [0, 0.1) is 0 Å². The van der Waals surface area contributed by atoms with Gasteiger partial charge in [0.2, 0.25) is 0 Å². The zero-order chi connectivity index (χ0) is 11.5. The number of fused-ring (bicyclic) bond motifs is 1. The second kappa shape index (κ2) is 4.66. The maximum absolute atomic E-state index is 3.99. The van der Waals surface area contributed by atoms with Gasteiger partial charge >= 0.3 is 0 Å². The summed E-state index contributed by atoms with van der Waals surface area (Å²) in [5.74, 6) is 0. The molecule has 0 fully saturated rings. The molecule has 0 aliphatic carbocycles. The molecule has 16 heavy (non-hydrogen) atoms. The third-order valence-corrected chi connectivity index (χ3v) is 4.81. The van der Waals surface area contributed by atoms with Gasteiger partial charge in [0.1, 0.15) is 0 Å². The Hall–Kier alpha value is -1.34. The van der Waals surface area contributed by atoms with Gasteiger partial charge in [-0.3, -0.25) is 0 Å². The van der Waals surface area contributed by atoms with Gasteiger partial charge in [-0.05, 0) is 21.9 Å². The van der Waals surface area contributed by atoms with E-state index in [9.17, 15) is 0 Å². The van der Waals surface area contributed by atoms with E-state index in [4.69, 9.17) is 0 Å². The summed E-state index contributed by atoms with van der Waals surface area (Å²) in [6, 6.07) is 15.2. The van der Waals surface area contributed by atoms with Crippen molar-refractivity contribution in [3.63, 3.8) is 0 Å². The molecule has 0 spiro atoms. The molecule has 0 bridgehead atoms. The highest BCUT2D eigenvalue weighted by Crippen LogP contribution is 2.28. The van der Waals surface area contributed by atoms with Crippen molar-refractivity contribution in [2.45, 2.75) is 18.6 Å². The van der Waals surface area contributed by atoms with E-state index in [1.165, 1.54) is 16.3 Å². The fourth-order valence-electron chi connectivity index (χ4n) is 2.20. The number of benzene rings is 2. The van der Waals surface area contributed by atoms with Crippen molar-refractivity contribution in [3.05, 3.63) is 60.7 Å². The molecule has 1 heteroatoms. The summed E-state index contributed by atoms with van der Waals surface area (Å²) in [7, 11) is -0.385. The highest BCUT2D eigenvalue weighted by molar-refractivity contribution is 6.58. The molecule has 0 aliphatic heterocycles. The van der Waals surface area contributed by atoms with Crippen molar-refractivity contribution < 1.29 is 0 Å². The van der Waals surface area contributed by atoms with Crippen molar-refractivity contribution in [2.75, 3.05) is 0 Å². The van der Waals surface area contributed by atoms with E-state index in [1.807, 2.05) is 0 Å². The first-order chi connectivity index (χ1) is 7.74. The van der Waals surface area contributed by atoms with Gasteiger partial charge in [-0.25, -0.2) is 0 Å². The highest BCUT2D eigenvalue weighted by Gasteiger charge is 2.15. The lowest BCUT2D eigenvalue weighted by atomic mass is 10.0. The quantitative estimate of drug-likeness (QED) is 0.536. The van der Waals surface area contributed by atoms with Gasteiger partial charge in [0.15, 0.2) is 0 Å². The molecule has 0 saturated carbocycles. The minimum absolute atomic E-state index is 0.385. The van der Waals surface area contributed by atoms with Gasteiger partial charge < -0.3 is 0 Å². The Labute approximate surface area is 99.2 Å². The van der Waals surface area contributed by atoms with Crippen molar-refractivity contribution in [3.8, 4) is 0 Å². The predicted octanol–water partition coefficient (Wildman–Crippen LogP) is 4.40. The average Bonchev–Trinajstić information content (AvgIpc) is 2.30. The molecule has 0 heterocycles. The van der Waals surface area contributed by atoms with Gasteiger partial charge in [-0.15, -0.1) is 6.58 Å². The smallest absolute Gasteiger partial charge is 0.0548 e. The van der Waals surface area contributed by atoms with Crippen LogP contribution in [0.15, 0.2) is 55.1 Å². The first-order valence-corrected chi connectivity index (χ1v) is 8.22. The van der Waals surface area contributed by atoms with Gasteiger partial charge in [-0.2, -0.15) is 0 Å². The summed E-state index contributed by atoms with van der Waals surface area (Å²) in [6.45, 7) is 8.68. The Kier molecular flexibility index (Phi) is 3.25. The molecule has 0 saturated heterocycles. The molecule has 2 aromatic carbocycles. The monoisotopic (exact) mass is 225 g/mol. The molecule has 81 valence electrons. The molecule has 1 atom stereocenters. The molecule has 0 nitrogen and oxygen atoms in total. The van der Waals surface area contributed by atoms with Crippen LogP contribution in [-0.2, 0) is 0 Å². The van der Waals surface area contributed by atoms with Crippen LogP contribution >= 0.6 is 0 Å². The van der Waals surface area contributed by atoms with Crippen molar-refractivity contribution >= 4 is 19.6 Å². The largest absolute Gasteiger partial charge is 0.103 e. The number of hydrogen-bond donors (Lipinski definition) is 0. The Morgan fingerprint density at radius 2 is 1.75 bits per heavy atom. The molecule has 0 aromatic heterocycles. The van der Waals surface area contributed by atoms with Crippen molar-refractivity contribution in [1.82, 2.24) is 0 Å². The van der Waals surface area contributed by atoms with Gasteiger partial charge in [0.05, 0.1) is 8.80 Å². The van der Waals surface area contributed by atoms with Crippen molar-refractivity contribution in [1.29, 1.82) is 0 Å². The molecular weight excluding hydrogens is 208 g/mol. The summed E-state index contributed by atoms with van der Waals surface area (Å²) >= 11 is 0. The van der Waals surface area contributed by atoms with Crippen LogP contribution in [0.4, 0.5) is 0 Å². The van der Waals surface area contributed by atoms with E-state index >= 15 is 0 Å². The molecule has 1 unspecified atom stereocenters. The van der Waals surface area contributed by atoms with Crippen LogP contribution in [0.1, 0.15) is 11.1 Å². The van der Waals surface area contributed by atoms with E-state index in [-0.39, 0.29) is 8.80 Å². The molecular formula is C15H17Si. The van der Waals surface area contributed by atoms with Gasteiger partial charge in [0, 0.05) is 0 Å². The Morgan fingerprint density at radius 3 is 2.44 bits per heavy atom. The second-order valence-corrected chi connectivity index (χ2v) is 7.14. The second-order valence-electron chi connectivity index (χ2n) is 4.36. The van der Waals surface area contributed by atoms with E-state index < -0.39 is 0 Å². The van der Waals surface area contributed by atoms with Crippen molar-refractivity contribution in [2.24, 2.45) is 0 Å². The Morgan fingerprint density at radius 1 is 1.06 bits per heavy atom. The summed E-state index contributed by atoms with van der Waals surface area (Å²) in [5, 5.41) is 2.70. The van der Waals surface area contributed by atoms with E-state index in [1.54, 1.807) is 0 Å². The Bertz CT molecular complexity index is 494. The summed E-state index contributed by atoms with van der Waals surface area (Å²) < 4.78 is 0. The maximum atomic E-state index is 3.99. The van der Waals surface area contributed by atoms with Gasteiger partial charge in [-0.1, -0.05) is 61.6 Å². The SMILES string of the molecule is C=CC(c1cccc2ccccc12)[Si](C)C. The topological polar surface area (TPSA) is 0 Å². The first-order valence-electron chi connectivity index (χ1n) is 5.64. The average molecular weight is 225 g/mol. The van der Waals surface area contributed by atoms with E-state index in [0.717, 1.165) is 0 Å². The molecule has 0 N–H and O–H groups in total. The lowest BCUT2D eigenvalue weighted by Crippen LogP contribution is -2.13. The van der Waals surface area contributed by atoms with Crippen LogP contribution in [0.2, 0.25) is 13.1 Å². The van der Waals surface area contributed by atoms with Gasteiger partial charge in [0.25, 0.3) is 0 Å². The summed E-state index contributed by atoms with van der Waals surface area (Å²) in [5.41, 5.74) is 1.98. The zero-order valence-corrected chi connectivity index (χ0v) is 10.9. The maximum Gasteiger partial charge on any atom is 0.0548 e. The Balaban J connectivity index is 2.63. The van der Waals surface area contributed by atoms with Crippen LogP contribution in [0.25, 0.3) is 10.8 Å². The minimum Gasteiger partial charge on any atom is -0.103 e. The fraction of sp³-hybridized carbons (Fsp3) is 0.200. The van der Waals surface area contributed by atoms with E-state index in [0.29, 0.717) is 5.54 Å². The van der Waals surface area contributed by atoms with Crippen LogP contribution in [0.3, 0.4) is 0 Å². The van der Waals surface area contributed by atoms with Crippen LogP contribution in [-0.4, -0.2) is 8.80 Å². The third kappa shape index (κ3) is 1.96. The predicted molar refractivity (Wildman–Crippen MR) is 74.4 cm³/mol. The highest BCUT2D eigenvalue weighted by atomic mass is 28.3. The fourth-order valence-corrected chi connectivity index (χ4v) is 3.54. The number of hydrogen-bond acceptors (Lipinski definition) is 0. The molecule has 1 radical (unpaired) electrons. The normalized spacial score (nSPS) is 12.9. The number of allylic oxidation sites excluding steroid dienone is 1. The summed E-state index contributed by atoms with van der Waals surface area (Å²) in [4.78, 5) is 0. The molecule has 0 amide bonds. The van der Waals surface area contributed by atoms with Crippen LogP contribution in [0.5, 0.6) is 0 Å². The lowest BCUT2D eigenvalue weighted by molar-refractivity contribution is 1.20. The summed E-state index contributed by atoms with van der Waals surface area (Å²) in [6.07, 6.45) is 2.11. The first kappa shape index (κ1) is 11.2. The van der Waals surface area contributed by atoms with E-state index in [2.05, 4.69) is 68.2 Å². The third-order valence-electron chi connectivity index (χ3n) is 3.02.